The van der Waals surface area contributed by atoms with Crippen LogP contribution in [0.4, 0.5) is 13.2 Å². The number of allylic oxidation sites excluding steroid dienone is 2. The van der Waals surface area contributed by atoms with Gasteiger partial charge in [0.25, 0.3) is 0 Å². The van der Waals surface area contributed by atoms with E-state index in [0.717, 1.165) is 18.4 Å². The van der Waals surface area contributed by atoms with Crippen LogP contribution in [0.15, 0.2) is 24.3 Å². The number of aryl methyl sites for hydroxylation is 1. The van der Waals surface area contributed by atoms with Gasteiger partial charge in [-0.05, 0) is 68.1 Å². The van der Waals surface area contributed by atoms with Gasteiger partial charge < -0.3 is 9.47 Å². The van der Waals surface area contributed by atoms with E-state index in [4.69, 9.17) is 4.74 Å². The zero-order chi connectivity index (χ0) is 20.0. The smallest absolute Gasteiger partial charge is 0.490 e. The number of alkyl halides is 3. The van der Waals surface area contributed by atoms with Crippen LogP contribution in [0, 0.1) is 18.8 Å². The fraction of sp³-hybridized carbons (Fsp3) is 0.652. The number of benzene rings is 1. The Hall–Kier alpha value is -1.65. The molecule has 0 unspecified atom stereocenters. The Labute approximate surface area is 166 Å². The maximum absolute atomic E-state index is 12.9. The number of ether oxygens (including phenoxy) is 2. The number of rotatable bonds is 9. The molecule has 2 saturated carbocycles. The third-order valence-corrected chi connectivity index (χ3v) is 6.10. The standard InChI is InChI=1S/C23H31F3O2/c1-17-20(12-5-4-9-18-7-2-3-8-18)13-14-21(22(17)28-23(24,25)26)27-16-15-19-10-6-11-19/h4,9,13-14,18-19H,2-3,5-8,10-12,15-16H2,1H3/b9-4+. The highest BCUT2D eigenvalue weighted by Crippen LogP contribution is 2.38. The van der Waals surface area contributed by atoms with E-state index in [-0.39, 0.29) is 11.5 Å². The summed E-state index contributed by atoms with van der Waals surface area (Å²) in [5.41, 5.74) is 1.40. The van der Waals surface area contributed by atoms with Crippen molar-refractivity contribution in [3.63, 3.8) is 0 Å². The van der Waals surface area contributed by atoms with Gasteiger partial charge in [0.2, 0.25) is 0 Å². The van der Waals surface area contributed by atoms with Crippen LogP contribution in [-0.2, 0) is 6.42 Å². The molecule has 0 saturated heterocycles. The molecule has 0 atom stereocenters. The molecule has 1 aromatic rings. The molecule has 0 amide bonds. The lowest BCUT2D eigenvalue weighted by molar-refractivity contribution is -0.275. The van der Waals surface area contributed by atoms with Crippen molar-refractivity contribution in [1.29, 1.82) is 0 Å². The van der Waals surface area contributed by atoms with Crippen LogP contribution in [0.1, 0.15) is 68.9 Å². The number of hydrogen-bond donors (Lipinski definition) is 0. The fourth-order valence-corrected chi connectivity index (χ4v) is 4.13. The van der Waals surface area contributed by atoms with Crippen molar-refractivity contribution in [2.45, 2.75) is 77.5 Å². The minimum atomic E-state index is -4.72. The van der Waals surface area contributed by atoms with E-state index in [1.807, 2.05) is 6.07 Å². The molecule has 0 heterocycles. The van der Waals surface area contributed by atoms with Crippen LogP contribution in [0.25, 0.3) is 0 Å². The third kappa shape index (κ3) is 6.18. The van der Waals surface area contributed by atoms with Crippen molar-refractivity contribution in [2.75, 3.05) is 6.61 Å². The van der Waals surface area contributed by atoms with Crippen molar-refractivity contribution in [3.05, 3.63) is 35.4 Å². The molecule has 5 heteroatoms. The van der Waals surface area contributed by atoms with Crippen LogP contribution in [-0.4, -0.2) is 13.0 Å². The SMILES string of the molecule is Cc1c(CC/C=C/C2CCCC2)ccc(OCCC2CCC2)c1OC(F)(F)F. The monoisotopic (exact) mass is 396 g/mol. The van der Waals surface area contributed by atoms with E-state index in [1.54, 1.807) is 13.0 Å². The molecule has 0 aromatic heterocycles. The van der Waals surface area contributed by atoms with E-state index in [9.17, 15) is 13.2 Å². The van der Waals surface area contributed by atoms with Gasteiger partial charge in [0, 0.05) is 0 Å². The summed E-state index contributed by atoms with van der Waals surface area (Å²) in [6.45, 7) is 2.12. The maximum atomic E-state index is 12.9. The molecule has 3 rings (SSSR count). The van der Waals surface area contributed by atoms with Gasteiger partial charge in [0.05, 0.1) is 6.61 Å². The van der Waals surface area contributed by atoms with E-state index < -0.39 is 6.36 Å². The van der Waals surface area contributed by atoms with Gasteiger partial charge in [-0.1, -0.05) is 50.3 Å². The summed E-state index contributed by atoms with van der Waals surface area (Å²) in [4.78, 5) is 0. The molecule has 0 N–H and O–H groups in total. The van der Waals surface area contributed by atoms with Crippen molar-refractivity contribution in [3.8, 4) is 11.5 Å². The molecular formula is C23H31F3O2. The Morgan fingerprint density at radius 2 is 1.82 bits per heavy atom. The topological polar surface area (TPSA) is 18.5 Å². The van der Waals surface area contributed by atoms with E-state index >= 15 is 0 Å². The Bertz CT molecular complexity index is 657. The van der Waals surface area contributed by atoms with Gasteiger partial charge in [-0.2, -0.15) is 0 Å². The molecule has 0 radical (unpaired) electrons. The van der Waals surface area contributed by atoms with Crippen LogP contribution < -0.4 is 9.47 Å². The zero-order valence-corrected chi connectivity index (χ0v) is 16.7. The summed E-state index contributed by atoms with van der Waals surface area (Å²) >= 11 is 0. The Kier molecular flexibility index (Phi) is 7.30. The van der Waals surface area contributed by atoms with Gasteiger partial charge in [-0.3, -0.25) is 0 Å². The van der Waals surface area contributed by atoms with Gasteiger partial charge in [-0.25, -0.2) is 0 Å². The molecular weight excluding hydrogens is 365 g/mol. The van der Waals surface area contributed by atoms with Gasteiger partial charge >= 0.3 is 6.36 Å². The van der Waals surface area contributed by atoms with Crippen LogP contribution in [0.2, 0.25) is 0 Å². The maximum Gasteiger partial charge on any atom is 0.573 e. The van der Waals surface area contributed by atoms with Crippen LogP contribution in [0.5, 0.6) is 11.5 Å². The lowest BCUT2D eigenvalue weighted by Crippen LogP contribution is -2.19. The summed E-state index contributed by atoms with van der Waals surface area (Å²) in [5.74, 6) is 1.34. The van der Waals surface area contributed by atoms with Crippen LogP contribution >= 0.6 is 0 Å². The van der Waals surface area contributed by atoms with Gasteiger partial charge in [0.1, 0.15) is 0 Å². The van der Waals surface area contributed by atoms with Crippen molar-refractivity contribution >= 4 is 0 Å². The summed E-state index contributed by atoms with van der Waals surface area (Å²) in [6, 6.07) is 3.51. The largest absolute Gasteiger partial charge is 0.573 e. The molecule has 0 bridgehead atoms. The minimum Gasteiger partial charge on any atom is -0.490 e. The summed E-state index contributed by atoms with van der Waals surface area (Å²) < 4.78 is 48.8. The minimum absolute atomic E-state index is 0.182. The summed E-state index contributed by atoms with van der Waals surface area (Å²) in [6.07, 6.45) is 10.9. The molecule has 28 heavy (non-hydrogen) atoms. The first-order valence-corrected chi connectivity index (χ1v) is 10.6. The van der Waals surface area contributed by atoms with Crippen molar-refractivity contribution in [1.82, 2.24) is 0 Å². The highest BCUT2D eigenvalue weighted by molar-refractivity contribution is 5.50. The Balaban J connectivity index is 1.63. The molecule has 0 spiro atoms. The lowest BCUT2D eigenvalue weighted by Gasteiger charge is -2.25. The lowest BCUT2D eigenvalue weighted by atomic mass is 9.83. The first-order valence-electron chi connectivity index (χ1n) is 10.6. The van der Waals surface area contributed by atoms with Gasteiger partial charge in [0.15, 0.2) is 11.5 Å². The number of hydrogen-bond acceptors (Lipinski definition) is 2. The molecule has 2 nitrogen and oxygen atoms in total. The second kappa shape index (κ2) is 9.71. The quantitative estimate of drug-likeness (QED) is 0.413. The Morgan fingerprint density at radius 3 is 2.46 bits per heavy atom. The predicted octanol–water partition coefficient (Wildman–Crippen LogP) is 7.14. The number of halogens is 3. The summed E-state index contributed by atoms with van der Waals surface area (Å²) in [5, 5.41) is 0. The van der Waals surface area contributed by atoms with E-state index in [2.05, 4.69) is 16.9 Å². The first-order chi connectivity index (χ1) is 13.4. The highest BCUT2D eigenvalue weighted by atomic mass is 19.4. The summed E-state index contributed by atoms with van der Waals surface area (Å²) in [7, 11) is 0. The van der Waals surface area contributed by atoms with E-state index in [1.165, 1.54) is 44.9 Å². The molecule has 2 fully saturated rings. The van der Waals surface area contributed by atoms with Gasteiger partial charge in [-0.15, -0.1) is 13.2 Å². The highest BCUT2D eigenvalue weighted by Gasteiger charge is 2.34. The third-order valence-electron chi connectivity index (χ3n) is 6.10. The van der Waals surface area contributed by atoms with Crippen molar-refractivity contribution in [2.24, 2.45) is 11.8 Å². The fourth-order valence-electron chi connectivity index (χ4n) is 4.13. The Morgan fingerprint density at radius 1 is 1.07 bits per heavy atom. The molecule has 1 aromatic carbocycles. The second-order valence-electron chi connectivity index (χ2n) is 8.17. The average molecular weight is 396 g/mol. The molecule has 0 aliphatic heterocycles. The first kappa shape index (κ1) is 21.1. The van der Waals surface area contributed by atoms with Crippen LogP contribution in [0.3, 0.4) is 0 Å². The molecule has 156 valence electrons. The zero-order valence-electron chi connectivity index (χ0n) is 16.7. The molecule has 2 aliphatic carbocycles. The van der Waals surface area contributed by atoms with E-state index in [0.29, 0.717) is 30.4 Å². The second-order valence-corrected chi connectivity index (χ2v) is 8.17. The normalized spacial score (nSPS) is 18.6. The molecule has 2 aliphatic rings. The van der Waals surface area contributed by atoms with Crippen molar-refractivity contribution < 1.29 is 22.6 Å². The predicted molar refractivity (Wildman–Crippen MR) is 105 cm³/mol. The average Bonchev–Trinajstić information content (AvgIpc) is 3.10.